The van der Waals surface area contributed by atoms with Gasteiger partial charge >= 0.3 is 152 Å². The molecule has 0 aliphatic heterocycles. The Balaban J connectivity index is 2.09. The molecule has 2 nitrogen and oxygen atoms in total. The number of aryl methyl sites for hydroxylation is 2. The van der Waals surface area contributed by atoms with Crippen LogP contribution in [0.15, 0.2) is 36.4 Å². The van der Waals surface area contributed by atoms with E-state index in [9.17, 15) is 0 Å². The molecule has 0 saturated heterocycles. The third kappa shape index (κ3) is 4.43. The normalized spacial score (nSPS) is 10.6. The molecule has 3 heteroatoms. The predicted octanol–water partition coefficient (Wildman–Crippen LogP) is 4.93. The second-order valence-corrected chi connectivity index (χ2v) is 7.13. The topological polar surface area (TPSA) is 18.5 Å². The Kier molecular flexibility index (Phi) is 7.28. The van der Waals surface area contributed by atoms with Crippen molar-refractivity contribution in [3.63, 3.8) is 0 Å². The summed E-state index contributed by atoms with van der Waals surface area (Å²) in [5, 5.41) is 0. The van der Waals surface area contributed by atoms with Crippen molar-refractivity contribution in [1.29, 1.82) is 0 Å². The summed E-state index contributed by atoms with van der Waals surface area (Å²) < 4.78 is 12.2. The zero-order chi connectivity index (χ0) is 16.7. The summed E-state index contributed by atoms with van der Waals surface area (Å²) in [7, 11) is 0. The summed E-state index contributed by atoms with van der Waals surface area (Å²) in [6, 6.07) is 12.7. The average Bonchev–Trinajstić information content (AvgIpc) is 2.60. The van der Waals surface area contributed by atoms with Crippen LogP contribution in [0.25, 0.3) is 0 Å². The third-order valence-corrected chi connectivity index (χ3v) is 5.96. The molecule has 0 aromatic heterocycles. The summed E-state index contributed by atoms with van der Waals surface area (Å²) >= 11 is -1.40. The van der Waals surface area contributed by atoms with Gasteiger partial charge in [-0.2, -0.15) is 0 Å². The van der Waals surface area contributed by atoms with E-state index in [4.69, 9.17) is 6.15 Å². The second-order valence-electron chi connectivity index (χ2n) is 5.49. The van der Waals surface area contributed by atoms with Crippen molar-refractivity contribution in [2.45, 2.75) is 53.4 Å². The number of hydrogen-bond acceptors (Lipinski definition) is 2. The molecule has 0 spiro atoms. The molecule has 0 unspecified atom stereocenters. The van der Waals surface area contributed by atoms with Crippen LogP contribution in [0.1, 0.15) is 49.9 Å². The first kappa shape index (κ1) is 18.2. The van der Waals surface area contributed by atoms with E-state index in [1.807, 2.05) is 0 Å². The molecule has 2 radical (unpaired) electrons. The Morgan fingerprint density at radius 3 is 1.43 bits per heavy atom. The molecule has 0 saturated carbocycles. The van der Waals surface area contributed by atoms with Crippen LogP contribution in [0.3, 0.4) is 0 Å². The fourth-order valence-corrected chi connectivity index (χ4v) is 4.71. The Hall–Kier alpha value is -1.16. The van der Waals surface area contributed by atoms with Gasteiger partial charge in [-0.05, 0) is 0 Å². The molecule has 2 rings (SSSR count). The van der Waals surface area contributed by atoms with Gasteiger partial charge in [-0.1, -0.05) is 0 Å². The zero-order valence-electron chi connectivity index (χ0n) is 14.6. The van der Waals surface area contributed by atoms with Crippen LogP contribution in [0.5, 0.6) is 11.5 Å². The van der Waals surface area contributed by atoms with E-state index in [0.29, 0.717) is 0 Å². The first-order valence-corrected chi connectivity index (χ1v) is 10.9. The fraction of sp³-hybridized carbons (Fsp3) is 0.400. The van der Waals surface area contributed by atoms with Crippen molar-refractivity contribution < 1.29 is 6.15 Å². The van der Waals surface area contributed by atoms with Crippen LogP contribution in [0.2, 0.25) is 0 Å². The maximum atomic E-state index is 6.10. The van der Waals surface area contributed by atoms with E-state index in [2.05, 4.69) is 64.1 Å². The molecule has 0 aliphatic carbocycles. The first-order valence-electron chi connectivity index (χ1n) is 8.55. The monoisotopic (exact) mass is 418 g/mol. The van der Waals surface area contributed by atoms with Crippen LogP contribution >= 0.6 is 0 Å². The van der Waals surface area contributed by atoms with E-state index in [1.54, 1.807) is 0 Å². The molecule has 0 heterocycles. The summed E-state index contributed by atoms with van der Waals surface area (Å²) in [5.74, 6) is 2.03. The van der Waals surface area contributed by atoms with Gasteiger partial charge in [0.15, 0.2) is 0 Å². The molecule has 0 aliphatic rings. The number of benzene rings is 2. The fourth-order valence-electron chi connectivity index (χ4n) is 2.99. The van der Waals surface area contributed by atoms with Gasteiger partial charge in [0.1, 0.15) is 0 Å². The van der Waals surface area contributed by atoms with Gasteiger partial charge in [-0.3, -0.25) is 0 Å². The quantitative estimate of drug-likeness (QED) is 0.568. The summed E-state index contributed by atoms with van der Waals surface area (Å²) in [6.45, 7) is 8.76. The van der Waals surface area contributed by atoms with Gasteiger partial charge in [0.25, 0.3) is 0 Å². The molecule has 0 fully saturated rings. The van der Waals surface area contributed by atoms with E-state index < -0.39 is 22.0 Å². The standard InChI is InChI=1S/2C10H14O.Sn/c2*1-3-8-6-5-7-10(11)9(8)4-2;/h2*5-7,11H,3-4H2,1-2H3;/q;;+2/p-2. The number of hydrogen-bond donors (Lipinski definition) is 0. The summed E-state index contributed by atoms with van der Waals surface area (Å²) in [5.41, 5.74) is 5.42. The maximum absolute atomic E-state index is 6.10. The molecule has 0 bridgehead atoms. The molecule has 0 amide bonds. The molecule has 0 N–H and O–H groups in total. The van der Waals surface area contributed by atoms with Crippen molar-refractivity contribution in [3.05, 3.63) is 58.7 Å². The van der Waals surface area contributed by atoms with Crippen LogP contribution in [-0.4, -0.2) is 22.0 Å². The molecule has 23 heavy (non-hydrogen) atoms. The Bertz CT molecular complexity index is 582. The van der Waals surface area contributed by atoms with E-state index in [-0.39, 0.29) is 0 Å². The number of rotatable bonds is 8. The molecule has 122 valence electrons. The zero-order valence-corrected chi connectivity index (χ0v) is 17.5. The SMILES string of the molecule is CCc1cccc([O][Sn][O]c2cccc(CC)c2CC)c1CC. The van der Waals surface area contributed by atoms with Crippen LogP contribution < -0.4 is 6.15 Å². The minimum absolute atomic E-state index is 1.00. The van der Waals surface area contributed by atoms with Gasteiger partial charge < -0.3 is 0 Å². The van der Waals surface area contributed by atoms with Crippen molar-refractivity contribution in [2.24, 2.45) is 0 Å². The van der Waals surface area contributed by atoms with Crippen molar-refractivity contribution in [3.8, 4) is 11.5 Å². The van der Waals surface area contributed by atoms with Crippen LogP contribution in [0.4, 0.5) is 0 Å². The van der Waals surface area contributed by atoms with Crippen LogP contribution in [-0.2, 0) is 25.7 Å². The second kappa shape index (κ2) is 9.21. The Labute approximate surface area is 151 Å². The van der Waals surface area contributed by atoms with Gasteiger partial charge in [-0.25, -0.2) is 0 Å². The third-order valence-electron chi connectivity index (χ3n) is 4.23. The Morgan fingerprint density at radius 1 is 0.652 bits per heavy atom. The average molecular weight is 417 g/mol. The van der Waals surface area contributed by atoms with E-state index in [0.717, 1.165) is 37.2 Å². The van der Waals surface area contributed by atoms with Gasteiger partial charge in [0.05, 0.1) is 0 Å². The molecule has 2 aromatic carbocycles. The molecule has 0 atom stereocenters. The molecular weight excluding hydrogens is 391 g/mol. The van der Waals surface area contributed by atoms with Gasteiger partial charge in [0.2, 0.25) is 0 Å². The summed E-state index contributed by atoms with van der Waals surface area (Å²) in [4.78, 5) is 0. The predicted molar refractivity (Wildman–Crippen MR) is 97.4 cm³/mol. The van der Waals surface area contributed by atoms with Crippen molar-refractivity contribution in [1.82, 2.24) is 0 Å². The van der Waals surface area contributed by atoms with E-state index in [1.165, 1.54) is 22.3 Å². The van der Waals surface area contributed by atoms with Crippen LogP contribution in [0, 0.1) is 0 Å². The van der Waals surface area contributed by atoms with Gasteiger partial charge in [0, 0.05) is 0 Å². The van der Waals surface area contributed by atoms with Gasteiger partial charge in [-0.15, -0.1) is 0 Å². The first-order chi connectivity index (χ1) is 11.2. The minimum atomic E-state index is -1.40. The summed E-state index contributed by atoms with van der Waals surface area (Å²) in [6.07, 6.45) is 4.10. The molecular formula is C20H26O2Sn. The van der Waals surface area contributed by atoms with Crippen molar-refractivity contribution >= 4 is 22.0 Å². The Morgan fingerprint density at radius 2 is 1.09 bits per heavy atom. The van der Waals surface area contributed by atoms with Crippen molar-refractivity contribution in [2.75, 3.05) is 0 Å². The van der Waals surface area contributed by atoms with E-state index >= 15 is 0 Å². The molecule has 2 aromatic rings.